The number of unbranched alkanes of at least 4 members (excludes halogenated alkanes) is 4. The van der Waals surface area contributed by atoms with Gasteiger partial charge in [-0.2, -0.15) is 0 Å². The fraction of sp³-hybridized carbons (Fsp3) is 0.818. The summed E-state index contributed by atoms with van der Waals surface area (Å²) in [5.74, 6) is -11.3. The van der Waals surface area contributed by atoms with Crippen molar-refractivity contribution in [2.75, 3.05) is 6.54 Å². The van der Waals surface area contributed by atoms with Gasteiger partial charge in [0.25, 0.3) is 0 Å². The molecule has 0 aliphatic heterocycles. The van der Waals surface area contributed by atoms with Gasteiger partial charge in [0.05, 0.1) is 49.7 Å². The zero-order valence-corrected chi connectivity index (χ0v) is 28.5. The number of hydrogen-bond acceptors (Lipinski definition) is 11. The van der Waals surface area contributed by atoms with Crippen LogP contribution in [0.1, 0.15) is 117 Å². The van der Waals surface area contributed by atoms with Crippen molar-refractivity contribution >= 4 is 35.8 Å². The summed E-state index contributed by atoms with van der Waals surface area (Å²) < 4.78 is 11.5. The molecule has 15 nitrogen and oxygen atoms in total. The minimum Gasteiger partial charge on any atom is -0.481 e. The van der Waals surface area contributed by atoms with E-state index in [0.717, 1.165) is 38.5 Å². The molecule has 0 aromatic carbocycles. The van der Waals surface area contributed by atoms with Gasteiger partial charge in [0.15, 0.2) is 0 Å². The predicted octanol–water partition coefficient (Wildman–Crippen LogP) is 3.20. The molecule has 0 radical (unpaired) electrons. The highest BCUT2D eigenvalue weighted by atomic mass is 16.6. The van der Waals surface area contributed by atoms with Crippen LogP contribution in [0.3, 0.4) is 0 Å². The van der Waals surface area contributed by atoms with Gasteiger partial charge in [-0.15, -0.1) is 0 Å². The number of rotatable bonds is 29. The van der Waals surface area contributed by atoms with Gasteiger partial charge in [0.1, 0.15) is 12.2 Å². The Bertz CT molecular complexity index is 1000. The van der Waals surface area contributed by atoms with E-state index in [2.05, 4.69) is 0 Å². The second-order valence-electron chi connectivity index (χ2n) is 12.9. The number of nitrogens with two attached hydrogens (primary N) is 1. The van der Waals surface area contributed by atoms with Gasteiger partial charge in [0.2, 0.25) is 0 Å². The number of carbonyl (C=O) groups is 6. The molecule has 0 spiro atoms. The molecule has 8 unspecified atom stereocenters. The van der Waals surface area contributed by atoms with Gasteiger partial charge < -0.3 is 45.8 Å². The summed E-state index contributed by atoms with van der Waals surface area (Å²) in [5, 5.41) is 56.6. The maximum Gasteiger partial charge on any atom is 0.307 e. The van der Waals surface area contributed by atoms with E-state index in [1.54, 1.807) is 6.92 Å². The molecule has 0 bridgehead atoms. The van der Waals surface area contributed by atoms with Crippen LogP contribution in [-0.4, -0.2) is 97.4 Å². The Balaban J connectivity index is 5.86. The van der Waals surface area contributed by atoms with Crippen LogP contribution in [0.2, 0.25) is 0 Å². The Hall–Kier alpha value is -3.30. The number of carbonyl (C=O) groups excluding carboxylic acids is 2. The third-order valence-electron chi connectivity index (χ3n) is 8.29. The molecule has 0 aliphatic rings. The SMILES string of the molecule is CCCCC(C)C(OC(=O)CC(CC(=O)O)C(=O)O)C(CC(C)CCCCCCC(O)CC(O)CN)OC(=O)CC(CC(=O)O)C(=O)O. The van der Waals surface area contributed by atoms with Crippen LogP contribution in [0.15, 0.2) is 0 Å². The second kappa shape index (κ2) is 24.8. The number of aliphatic carboxylic acids is 4. The van der Waals surface area contributed by atoms with Crippen LogP contribution in [0.5, 0.6) is 0 Å². The smallest absolute Gasteiger partial charge is 0.307 e. The quantitative estimate of drug-likeness (QED) is 0.0438. The standard InChI is InChI=1S/C33H57NO14/c1-4-5-11-21(3)31(48-30(42)17-23(33(45)46)15-28(39)40)26(47-29(41)16-22(32(43)44)14-27(37)38)13-20(2)10-8-6-7-9-12-24(35)18-25(36)19-34/h20-26,31,35-36H,4-19,34H2,1-3H3,(H,37,38)(H,39,40)(H,43,44)(H,45,46). The average Bonchev–Trinajstić information content (AvgIpc) is 2.98. The minimum absolute atomic E-state index is 0.0821. The van der Waals surface area contributed by atoms with Crippen LogP contribution in [0, 0.1) is 23.7 Å². The molecular weight excluding hydrogens is 634 g/mol. The summed E-state index contributed by atoms with van der Waals surface area (Å²) in [6, 6.07) is 0. The van der Waals surface area contributed by atoms with Gasteiger partial charge in [0, 0.05) is 13.0 Å². The fourth-order valence-corrected chi connectivity index (χ4v) is 5.50. The molecule has 8 N–H and O–H groups in total. The summed E-state index contributed by atoms with van der Waals surface area (Å²) in [7, 11) is 0. The highest BCUT2D eigenvalue weighted by Gasteiger charge is 2.36. The number of aliphatic hydroxyl groups is 2. The maximum absolute atomic E-state index is 13.0. The van der Waals surface area contributed by atoms with Gasteiger partial charge in [-0.25, -0.2) is 0 Å². The topological polar surface area (TPSA) is 268 Å². The van der Waals surface area contributed by atoms with Crippen LogP contribution in [0.25, 0.3) is 0 Å². The van der Waals surface area contributed by atoms with Gasteiger partial charge in [-0.05, 0) is 31.1 Å². The monoisotopic (exact) mass is 691 g/mol. The average molecular weight is 692 g/mol. The Labute approximate surface area is 282 Å². The first-order valence-electron chi connectivity index (χ1n) is 16.8. The van der Waals surface area contributed by atoms with E-state index in [-0.39, 0.29) is 31.2 Å². The number of hydrogen-bond donors (Lipinski definition) is 7. The Morgan fingerprint density at radius 3 is 1.58 bits per heavy atom. The van der Waals surface area contributed by atoms with Crippen molar-refractivity contribution < 1.29 is 68.9 Å². The lowest BCUT2D eigenvalue weighted by molar-refractivity contribution is -0.177. The normalized spacial score (nSPS) is 16.4. The molecule has 0 saturated carbocycles. The highest BCUT2D eigenvalue weighted by Crippen LogP contribution is 2.29. The molecular formula is C33H57NO14. The van der Waals surface area contributed by atoms with E-state index in [4.69, 9.17) is 25.4 Å². The van der Waals surface area contributed by atoms with E-state index in [9.17, 15) is 49.2 Å². The van der Waals surface area contributed by atoms with Crippen molar-refractivity contribution in [3.63, 3.8) is 0 Å². The van der Waals surface area contributed by atoms with E-state index in [1.165, 1.54) is 0 Å². The maximum atomic E-state index is 13.0. The van der Waals surface area contributed by atoms with Gasteiger partial charge in [-0.3, -0.25) is 28.8 Å². The molecule has 278 valence electrons. The predicted molar refractivity (Wildman–Crippen MR) is 172 cm³/mol. The first-order valence-corrected chi connectivity index (χ1v) is 16.8. The van der Waals surface area contributed by atoms with E-state index in [1.807, 2.05) is 13.8 Å². The summed E-state index contributed by atoms with van der Waals surface area (Å²) in [6.07, 6.45) is 0.303. The lowest BCUT2D eigenvalue weighted by Gasteiger charge is -2.33. The summed E-state index contributed by atoms with van der Waals surface area (Å²) in [4.78, 5) is 71.5. The molecule has 0 amide bonds. The van der Waals surface area contributed by atoms with Crippen LogP contribution in [0.4, 0.5) is 0 Å². The summed E-state index contributed by atoms with van der Waals surface area (Å²) in [6.45, 7) is 5.72. The lowest BCUT2D eigenvalue weighted by atomic mass is 9.87. The molecule has 0 aliphatic carbocycles. The number of ether oxygens (including phenoxy) is 2. The molecule has 48 heavy (non-hydrogen) atoms. The third-order valence-corrected chi connectivity index (χ3v) is 8.29. The van der Waals surface area contributed by atoms with Crippen molar-refractivity contribution in [1.82, 2.24) is 0 Å². The van der Waals surface area contributed by atoms with Gasteiger partial charge >= 0.3 is 35.8 Å². The minimum atomic E-state index is -1.55. The Morgan fingerprint density at radius 2 is 1.12 bits per heavy atom. The first kappa shape index (κ1) is 44.7. The Kier molecular flexibility index (Phi) is 23.1. The van der Waals surface area contributed by atoms with E-state index in [0.29, 0.717) is 19.3 Å². The van der Waals surface area contributed by atoms with E-state index < -0.39 is 97.8 Å². The van der Waals surface area contributed by atoms with Crippen LogP contribution < -0.4 is 5.73 Å². The summed E-state index contributed by atoms with van der Waals surface area (Å²) >= 11 is 0. The molecule has 15 heteroatoms. The Morgan fingerprint density at radius 1 is 0.625 bits per heavy atom. The largest absolute Gasteiger partial charge is 0.481 e. The zero-order chi connectivity index (χ0) is 36.8. The molecule has 0 saturated heterocycles. The highest BCUT2D eigenvalue weighted by molar-refractivity contribution is 5.83. The van der Waals surface area contributed by atoms with Crippen molar-refractivity contribution in [2.45, 2.75) is 141 Å². The van der Waals surface area contributed by atoms with Crippen LogP contribution in [-0.2, 0) is 38.2 Å². The van der Waals surface area contributed by atoms with Gasteiger partial charge in [-0.1, -0.05) is 65.7 Å². The molecule has 8 atom stereocenters. The van der Waals surface area contributed by atoms with Crippen molar-refractivity contribution in [1.29, 1.82) is 0 Å². The molecule has 0 aromatic heterocycles. The van der Waals surface area contributed by atoms with Crippen molar-refractivity contribution in [2.24, 2.45) is 29.4 Å². The zero-order valence-electron chi connectivity index (χ0n) is 28.5. The molecule has 0 heterocycles. The molecule has 0 aromatic rings. The van der Waals surface area contributed by atoms with Crippen molar-refractivity contribution in [3.05, 3.63) is 0 Å². The fourth-order valence-electron chi connectivity index (χ4n) is 5.50. The van der Waals surface area contributed by atoms with Crippen LogP contribution >= 0.6 is 0 Å². The van der Waals surface area contributed by atoms with E-state index >= 15 is 0 Å². The third kappa shape index (κ3) is 20.8. The number of carboxylic acids is 4. The summed E-state index contributed by atoms with van der Waals surface area (Å²) in [5.41, 5.74) is 5.38. The first-order chi connectivity index (χ1) is 22.5. The number of esters is 2. The molecule has 0 rings (SSSR count). The number of carboxylic acid groups (broad SMARTS) is 4. The van der Waals surface area contributed by atoms with Crippen molar-refractivity contribution in [3.8, 4) is 0 Å². The lowest BCUT2D eigenvalue weighted by Crippen LogP contribution is -2.42. The second-order valence-corrected chi connectivity index (χ2v) is 12.9. The number of aliphatic hydroxyl groups excluding tert-OH is 2. The molecule has 0 fully saturated rings.